The van der Waals surface area contributed by atoms with Gasteiger partial charge >= 0.3 is 15.6 Å². The van der Waals surface area contributed by atoms with E-state index in [9.17, 15) is 13.2 Å². The van der Waals surface area contributed by atoms with E-state index < -0.39 is 15.6 Å². The van der Waals surface area contributed by atoms with Gasteiger partial charge in [0.25, 0.3) is 0 Å². The van der Waals surface area contributed by atoms with Gasteiger partial charge in [-0.2, -0.15) is 21.6 Å². The van der Waals surface area contributed by atoms with Crippen LogP contribution in [-0.4, -0.2) is 33.9 Å². The number of alkyl halides is 3. The standard InChI is InChI=1S/C2H3N3.CHF3O3S/c1-2-4-5-3-1;2-1(3,4)8(5,6)7/h1-2H,(H,3,4,5);(H,5,6,7). The summed E-state index contributed by atoms with van der Waals surface area (Å²) in [7, 11) is -5.84. The highest BCUT2D eigenvalue weighted by Gasteiger charge is 2.44. The van der Waals surface area contributed by atoms with Crippen molar-refractivity contribution in [2.24, 2.45) is 0 Å². The van der Waals surface area contributed by atoms with Gasteiger partial charge in [-0.15, -0.1) is 5.10 Å². The highest BCUT2D eigenvalue weighted by molar-refractivity contribution is 7.86. The molecule has 0 spiro atoms. The predicted molar refractivity (Wildman–Crippen MR) is 34.0 cm³/mol. The van der Waals surface area contributed by atoms with Crippen molar-refractivity contribution in [2.45, 2.75) is 5.51 Å². The molecule has 76 valence electrons. The van der Waals surface area contributed by atoms with Gasteiger partial charge in [-0.1, -0.05) is 5.21 Å². The fraction of sp³-hybridized carbons (Fsp3) is 0.333. The Labute approximate surface area is 70.5 Å². The number of aromatic amines is 1. The van der Waals surface area contributed by atoms with Gasteiger partial charge in [-0.3, -0.25) is 9.65 Å². The molecule has 1 heterocycles. The van der Waals surface area contributed by atoms with Gasteiger partial charge in [0.15, 0.2) is 0 Å². The lowest BCUT2D eigenvalue weighted by Crippen LogP contribution is -2.21. The first-order valence-electron chi connectivity index (χ1n) is 2.59. The normalized spacial score (nSPS) is 11.7. The summed E-state index contributed by atoms with van der Waals surface area (Å²) in [6.45, 7) is 0. The molecule has 0 saturated carbocycles. The first-order valence-corrected chi connectivity index (χ1v) is 4.03. The van der Waals surface area contributed by atoms with E-state index in [1.54, 1.807) is 12.4 Å². The third-order valence-electron chi connectivity index (χ3n) is 0.624. The van der Waals surface area contributed by atoms with Gasteiger partial charge in [0.1, 0.15) is 0 Å². The summed E-state index contributed by atoms with van der Waals surface area (Å²) in [5, 5.41) is 9.26. The molecule has 0 fully saturated rings. The van der Waals surface area contributed by atoms with E-state index in [1.807, 2.05) is 0 Å². The SMILES string of the molecule is O=S(=O)(O)C(F)(F)F.c1c[nH]nn1. The van der Waals surface area contributed by atoms with Crippen molar-refractivity contribution >= 4 is 10.1 Å². The summed E-state index contributed by atoms with van der Waals surface area (Å²) in [4.78, 5) is 0. The molecular formula is C3H4F3N3O3S. The number of aromatic nitrogens is 3. The maximum atomic E-state index is 10.7. The van der Waals surface area contributed by atoms with E-state index in [4.69, 9.17) is 13.0 Å². The molecule has 0 atom stereocenters. The minimum atomic E-state index is -5.84. The molecule has 0 radical (unpaired) electrons. The first kappa shape index (κ1) is 11.8. The maximum absolute atomic E-state index is 10.7. The van der Waals surface area contributed by atoms with E-state index in [0.29, 0.717) is 0 Å². The zero-order valence-corrected chi connectivity index (χ0v) is 6.67. The summed E-state index contributed by atoms with van der Waals surface area (Å²) < 4.78 is 57.5. The van der Waals surface area contributed by atoms with Gasteiger partial charge in [0.05, 0.1) is 6.20 Å². The molecule has 0 aliphatic carbocycles. The molecule has 0 unspecified atom stereocenters. The molecule has 10 heteroatoms. The predicted octanol–water partition coefficient (Wildman–Crippen LogP) is 0.199. The van der Waals surface area contributed by atoms with Crippen LogP contribution in [0.25, 0.3) is 0 Å². The van der Waals surface area contributed by atoms with Crippen molar-refractivity contribution in [1.29, 1.82) is 0 Å². The number of halogens is 3. The van der Waals surface area contributed by atoms with Gasteiger partial charge < -0.3 is 0 Å². The van der Waals surface area contributed by atoms with E-state index in [-0.39, 0.29) is 0 Å². The Balaban J connectivity index is 0.000000243. The molecule has 2 N–H and O–H groups in total. The Morgan fingerprint density at radius 3 is 1.92 bits per heavy atom. The topological polar surface area (TPSA) is 95.9 Å². The molecule has 0 aromatic carbocycles. The molecule has 13 heavy (non-hydrogen) atoms. The lowest BCUT2D eigenvalue weighted by molar-refractivity contribution is -0.0510. The van der Waals surface area contributed by atoms with Crippen LogP contribution in [0.3, 0.4) is 0 Å². The molecule has 6 nitrogen and oxygen atoms in total. The number of H-pyrrole nitrogens is 1. The largest absolute Gasteiger partial charge is 0.522 e. The quantitative estimate of drug-likeness (QED) is 0.480. The summed E-state index contributed by atoms with van der Waals surface area (Å²) >= 11 is 0. The Morgan fingerprint density at radius 1 is 1.38 bits per heavy atom. The van der Waals surface area contributed by atoms with Gasteiger partial charge in [0, 0.05) is 6.20 Å². The van der Waals surface area contributed by atoms with Gasteiger partial charge in [-0.05, 0) is 0 Å². The lowest BCUT2D eigenvalue weighted by atomic mass is 11.0. The van der Waals surface area contributed by atoms with Crippen LogP contribution in [0.5, 0.6) is 0 Å². The first-order chi connectivity index (χ1) is 5.75. The number of nitrogens with zero attached hydrogens (tertiary/aromatic N) is 2. The van der Waals surface area contributed by atoms with Crippen LogP contribution < -0.4 is 0 Å². The Morgan fingerprint density at radius 2 is 1.85 bits per heavy atom. The second kappa shape index (κ2) is 4.18. The summed E-state index contributed by atoms with van der Waals surface area (Å²) in [5.74, 6) is 0. The Kier molecular flexibility index (Phi) is 3.81. The van der Waals surface area contributed by atoms with Crippen molar-refractivity contribution < 1.29 is 26.1 Å². The molecule has 0 aliphatic rings. The Hall–Kier alpha value is -1.16. The average Bonchev–Trinajstić information content (AvgIpc) is 2.35. The highest BCUT2D eigenvalue weighted by atomic mass is 32.2. The number of rotatable bonds is 0. The van der Waals surface area contributed by atoms with E-state index >= 15 is 0 Å². The molecule has 0 bridgehead atoms. The molecular weight excluding hydrogens is 215 g/mol. The monoisotopic (exact) mass is 219 g/mol. The molecule has 0 amide bonds. The minimum absolute atomic E-state index is 1.58. The van der Waals surface area contributed by atoms with Crippen molar-refractivity contribution in [3.63, 3.8) is 0 Å². The van der Waals surface area contributed by atoms with Crippen molar-refractivity contribution in [3.05, 3.63) is 12.4 Å². The van der Waals surface area contributed by atoms with Gasteiger partial charge in [0.2, 0.25) is 0 Å². The van der Waals surface area contributed by atoms with Crippen LogP contribution in [0.4, 0.5) is 13.2 Å². The van der Waals surface area contributed by atoms with Crippen LogP contribution in [0.2, 0.25) is 0 Å². The summed E-state index contributed by atoms with van der Waals surface area (Å²) in [5.41, 5.74) is -5.53. The fourth-order valence-corrected chi connectivity index (χ4v) is 0.167. The number of hydrogen-bond donors (Lipinski definition) is 2. The van der Waals surface area contributed by atoms with Crippen LogP contribution in [0, 0.1) is 0 Å². The second-order valence-corrected chi connectivity index (χ2v) is 2.99. The zero-order chi connectivity index (χ0) is 10.5. The van der Waals surface area contributed by atoms with Crippen LogP contribution >= 0.6 is 0 Å². The molecule has 1 rings (SSSR count). The smallest absolute Gasteiger partial charge is 0.279 e. The second-order valence-electron chi connectivity index (χ2n) is 1.58. The van der Waals surface area contributed by atoms with E-state index in [1.165, 1.54) is 0 Å². The average molecular weight is 219 g/mol. The van der Waals surface area contributed by atoms with Gasteiger partial charge in [-0.25, -0.2) is 0 Å². The summed E-state index contributed by atoms with van der Waals surface area (Å²) in [6, 6.07) is 0. The molecule has 0 saturated heterocycles. The van der Waals surface area contributed by atoms with Crippen molar-refractivity contribution in [3.8, 4) is 0 Å². The third kappa shape index (κ3) is 5.14. The molecule has 1 aromatic rings. The van der Waals surface area contributed by atoms with Crippen LogP contribution in [0.15, 0.2) is 12.4 Å². The molecule has 0 aliphatic heterocycles. The molecule has 1 aromatic heterocycles. The van der Waals surface area contributed by atoms with E-state index in [0.717, 1.165) is 0 Å². The highest BCUT2D eigenvalue weighted by Crippen LogP contribution is 2.20. The number of nitrogens with one attached hydrogen (secondary N) is 1. The number of hydrogen-bond acceptors (Lipinski definition) is 4. The van der Waals surface area contributed by atoms with Crippen LogP contribution in [-0.2, 0) is 10.1 Å². The maximum Gasteiger partial charge on any atom is 0.522 e. The zero-order valence-electron chi connectivity index (χ0n) is 5.85. The fourth-order valence-electron chi connectivity index (χ4n) is 0.167. The third-order valence-corrected chi connectivity index (χ3v) is 1.21. The van der Waals surface area contributed by atoms with E-state index in [2.05, 4.69) is 15.4 Å². The Bertz CT molecular complexity index is 300. The van der Waals surface area contributed by atoms with Crippen LogP contribution in [0.1, 0.15) is 0 Å². The minimum Gasteiger partial charge on any atom is -0.279 e. The van der Waals surface area contributed by atoms with Crippen molar-refractivity contribution in [2.75, 3.05) is 0 Å². The lowest BCUT2D eigenvalue weighted by Gasteiger charge is -1.97. The summed E-state index contributed by atoms with van der Waals surface area (Å²) in [6.07, 6.45) is 3.24. The van der Waals surface area contributed by atoms with Crippen molar-refractivity contribution in [1.82, 2.24) is 15.4 Å².